The number of fused-ring (bicyclic) bond motifs is 1. The summed E-state index contributed by atoms with van der Waals surface area (Å²) in [6.07, 6.45) is 1.93. The van der Waals surface area contributed by atoms with Gasteiger partial charge in [0, 0.05) is 32.9 Å². The molecule has 1 atom stereocenters. The van der Waals surface area contributed by atoms with Crippen LogP contribution in [0.3, 0.4) is 0 Å². The molecule has 14 heavy (non-hydrogen) atoms. The molecule has 0 saturated heterocycles. The van der Waals surface area contributed by atoms with Crippen LogP contribution in [0.15, 0.2) is 12.3 Å². The van der Waals surface area contributed by atoms with Crippen LogP contribution in [0, 0.1) is 6.92 Å². The van der Waals surface area contributed by atoms with Crippen molar-refractivity contribution >= 4 is 11.5 Å². The van der Waals surface area contributed by atoms with Crippen LogP contribution in [0.5, 0.6) is 0 Å². The molecule has 0 bridgehead atoms. The van der Waals surface area contributed by atoms with E-state index in [1.807, 2.05) is 6.20 Å². The van der Waals surface area contributed by atoms with Gasteiger partial charge in [-0.05, 0) is 25.5 Å². The number of hydrogen-bond acceptors (Lipinski definition) is 3. The lowest BCUT2D eigenvalue weighted by Gasteiger charge is -2.38. The predicted molar refractivity (Wildman–Crippen MR) is 60.1 cm³/mol. The fourth-order valence-corrected chi connectivity index (χ4v) is 1.93. The molecule has 0 aromatic carbocycles. The molecular formula is C11H17N3. The summed E-state index contributed by atoms with van der Waals surface area (Å²) in [5.74, 6) is 1.09. The molecular weight excluding hydrogens is 174 g/mol. The number of rotatable bonds is 0. The van der Waals surface area contributed by atoms with Crippen LogP contribution < -0.4 is 9.80 Å². The fraction of sp³-hybridized carbons (Fsp3) is 0.545. The van der Waals surface area contributed by atoms with Gasteiger partial charge in [0.05, 0.1) is 5.69 Å². The minimum atomic E-state index is 0.530. The van der Waals surface area contributed by atoms with Crippen LogP contribution in [-0.2, 0) is 0 Å². The molecule has 0 N–H and O–H groups in total. The Bertz CT molecular complexity index is 348. The largest absolute Gasteiger partial charge is 0.370 e. The summed E-state index contributed by atoms with van der Waals surface area (Å²) in [7, 11) is 4.24. The van der Waals surface area contributed by atoms with Crippen molar-refractivity contribution in [2.45, 2.75) is 19.9 Å². The molecule has 1 aromatic heterocycles. The third-order valence-electron chi connectivity index (χ3n) is 2.93. The van der Waals surface area contributed by atoms with Crippen molar-refractivity contribution in [1.82, 2.24) is 4.98 Å². The van der Waals surface area contributed by atoms with E-state index in [0.29, 0.717) is 6.04 Å². The monoisotopic (exact) mass is 191 g/mol. The topological polar surface area (TPSA) is 19.4 Å². The molecule has 0 fully saturated rings. The van der Waals surface area contributed by atoms with Crippen molar-refractivity contribution < 1.29 is 0 Å². The van der Waals surface area contributed by atoms with Crippen molar-refractivity contribution in [2.24, 2.45) is 0 Å². The Labute approximate surface area is 85.4 Å². The number of anilines is 2. The Balaban J connectivity index is 2.50. The molecule has 0 spiro atoms. The Morgan fingerprint density at radius 3 is 2.86 bits per heavy atom. The zero-order valence-corrected chi connectivity index (χ0v) is 9.28. The van der Waals surface area contributed by atoms with Crippen molar-refractivity contribution in [2.75, 3.05) is 30.4 Å². The molecule has 0 radical (unpaired) electrons. The Morgan fingerprint density at radius 1 is 1.43 bits per heavy atom. The lowest BCUT2D eigenvalue weighted by Crippen LogP contribution is -2.44. The summed E-state index contributed by atoms with van der Waals surface area (Å²) in [6.45, 7) is 5.37. The van der Waals surface area contributed by atoms with Gasteiger partial charge in [-0.15, -0.1) is 0 Å². The molecule has 0 amide bonds. The molecule has 1 aliphatic heterocycles. The first-order valence-corrected chi connectivity index (χ1v) is 5.00. The summed E-state index contributed by atoms with van der Waals surface area (Å²) in [5.41, 5.74) is 2.46. The van der Waals surface area contributed by atoms with Crippen LogP contribution in [0.1, 0.15) is 12.5 Å². The van der Waals surface area contributed by atoms with E-state index in [-0.39, 0.29) is 0 Å². The molecule has 1 aliphatic rings. The van der Waals surface area contributed by atoms with Gasteiger partial charge in [0.2, 0.25) is 0 Å². The van der Waals surface area contributed by atoms with Gasteiger partial charge >= 0.3 is 0 Å². The maximum Gasteiger partial charge on any atom is 0.152 e. The number of aryl methyl sites for hydroxylation is 1. The number of aromatic nitrogens is 1. The van der Waals surface area contributed by atoms with Crippen LogP contribution in [0.2, 0.25) is 0 Å². The summed E-state index contributed by atoms with van der Waals surface area (Å²) in [6, 6.07) is 2.73. The first-order chi connectivity index (χ1) is 6.59. The van der Waals surface area contributed by atoms with Gasteiger partial charge < -0.3 is 9.80 Å². The van der Waals surface area contributed by atoms with Crippen LogP contribution in [-0.4, -0.2) is 31.7 Å². The number of hydrogen-bond donors (Lipinski definition) is 0. The van der Waals surface area contributed by atoms with Gasteiger partial charge in [0.15, 0.2) is 5.82 Å². The second-order valence-electron chi connectivity index (χ2n) is 4.20. The molecule has 3 nitrogen and oxygen atoms in total. The molecule has 2 rings (SSSR count). The lowest BCUT2D eigenvalue weighted by molar-refractivity contribution is 0.638. The highest BCUT2D eigenvalue weighted by Gasteiger charge is 2.24. The molecule has 3 heteroatoms. The average Bonchev–Trinajstić information content (AvgIpc) is 2.14. The lowest BCUT2D eigenvalue weighted by atomic mass is 10.1. The van der Waals surface area contributed by atoms with E-state index in [1.165, 1.54) is 11.3 Å². The Kier molecular flexibility index (Phi) is 2.10. The van der Waals surface area contributed by atoms with E-state index in [1.54, 1.807) is 0 Å². The highest BCUT2D eigenvalue weighted by molar-refractivity contribution is 5.70. The van der Waals surface area contributed by atoms with Gasteiger partial charge in [-0.2, -0.15) is 0 Å². The zero-order valence-electron chi connectivity index (χ0n) is 9.28. The molecule has 2 heterocycles. The molecule has 0 saturated carbocycles. The summed E-state index contributed by atoms with van der Waals surface area (Å²) in [4.78, 5) is 9.01. The van der Waals surface area contributed by atoms with Crippen LogP contribution >= 0.6 is 0 Å². The highest BCUT2D eigenvalue weighted by atomic mass is 15.3. The van der Waals surface area contributed by atoms with E-state index in [9.17, 15) is 0 Å². The third kappa shape index (κ3) is 1.33. The standard InChI is InChI=1S/C11H17N3/c1-8-5-10-11(12-6-8)14(4)9(2)7-13(10)3/h5-6,9H,7H2,1-4H3/t9-/m0/s1. The first-order valence-electron chi connectivity index (χ1n) is 5.00. The second-order valence-corrected chi connectivity index (χ2v) is 4.20. The first kappa shape index (κ1) is 9.31. The third-order valence-corrected chi connectivity index (χ3v) is 2.93. The Hall–Kier alpha value is -1.25. The number of pyridine rings is 1. The number of nitrogens with zero attached hydrogens (tertiary/aromatic N) is 3. The summed E-state index contributed by atoms with van der Waals surface area (Å²) >= 11 is 0. The van der Waals surface area contributed by atoms with Crippen molar-refractivity contribution in [1.29, 1.82) is 0 Å². The van der Waals surface area contributed by atoms with E-state index in [2.05, 4.69) is 48.8 Å². The maximum absolute atomic E-state index is 4.48. The minimum Gasteiger partial charge on any atom is -0.370 e. The smallest absolute Gasteiger partial charge is 0.152 e. The van der Waals surface area contributed by atoms with E-state index in [4.69, 9.17) is 0 Å². The van der Waals surface area contributed by atoms with Crippen molar-refractivity contribution in [3.63, 3.8) is 0 Å². The fourth-order valence-electron chi connectivity index (χ4n) is 1.93. The van der Waals surface area contributed by atoms with Gasteiger partial charge in [-0.1, -0.05) is 0 Å². The SMILES string of the molecule is Cc1cnc2c(c1)N(C)C[C@H](C)N2C. The second kappa shape index (κ2) is 3.15. The number of likely N-dealkylation sites (N-methyl/N-ethyl adjacent to an activating group) is 2. The molecule has 1 aromatic rings. The normalized spacial score (nSPS) is 21.0. The van der Waals surface area contributed by atoms with Crippen molar-refractivity contribution in [3.8, 4) is 0 Å². The van der Waals surface area contributed by atoms with Gasteiger partial charge in [-0.3, -0.25) is 0 Å². The van der Waals surface area contributed by atoms with Gasteiger partial charge in [0.25, 0.3) is 0 Å². The van der Waals surface area contributed by atoms with Crippen molar-refractivity contribution in [3.05, 3.63) is 17.8 Å². The molecule has 0 unspecified atom stereocenters. The predicted octanol–water partition coefficient (Wildman–Crippen LogP) is 1.66. The Morgan fingerprint density at radius 2 is 2.14 bits per heavy atom. The maximum atomic E-state index is 4.48. The minimum absolute atomic E-state index is 0.530. The van der Waals surface area contributed by atoms with Crippen LogP contribution in [0.25, 0.3) is 0 Å². The molecule has 0 aliphatic carbocycles. The molecule has 76 valence electrons. The average molecular weight is 191 g/mol. The van der Waals surface area contributed by atoms with E-state index in [0.717, 1.165) is 12.4 Å². The highest BCUT2D eigenvalue weighted by Crippen LogP contribution is 2.31. The quantitative estimate of drug-likeness (QED) is 0.622. The van der Waals surface area contributed by atoms with Crippen LogP contribution in [0.4, 0.5) is 11.5 Å². The summed E-state index contributed by atoms with van der Waals surface area (Å²) < 4.78 is 0. The zero-order chi connectivity index (χ0) is 10.3. The van der Waals surface area contributed by atoms with E-state index < -0.39 is 0 Å². The van der Waals surface area contributed by atoms with Gasteiger partial charge in [0.1, 0.15) is 0 Å². The summed E-state index contributed by atoms with van der Waals surface area (Å²) in [5, 5.41) is 0. The van der Waals surface area contributed by atoms with Gasteiger partial charge in [-0.25, -0.2) is 4.98 Å². The van der Waals surface area contributed by atoms with E-state index >= 15 is 0 Å².